The lowest BCUT2D eigenvalue weighted by Crippen LogP contribution is -2.53. The molecule has 5 fully saturated rings. The summed E-state index contributed by atoms with van der Waals surface area (Å²) in [5.74, 6) is 6.81. The fourth-order valence-electron chi connectivity index (χ4n) is 10.2. The topological polar surface area (TPSA) is 35.9 Å². The molecule has 4 nitrogen and oxygen atoms in total. The Hall–Kier alpha value is -0.900. The number of nitrogens with zero attached hydrogens (tertiary/aromatic N) is 3. The number of hydrogen-bond donors (Lipinski definition) is 0. The Kier molecular flexibility index (Phi) is 6.36. The van der Waals surface area contributed by atoms with E-state index in [4.69, 9.17) is 4.99 Å². The van der Waals surface area contributed by atoms with Crippen LogP contribution in [-0.2, 0) is 4.79 Å². The Bertz CT molecular complexity index is 809. The summed E-state index contributed by atoms with van der Waals surface area (Å²) in [6.45, 7) is 9.02. The van der Waals surface area contributed by atoms with Crippen LogP contribution in [0, 0.1) is 47.3 Å². The van der Waals surface area contributed by atoms with Gasteiger partial charge in [0, 0.05) is 43.7 Å². The highest BCUT2D eigenvalue weighted by molar-refractivity contribution is 5.88. The van der Waals surface area contributed by atoms with Crippen molar-refractivity contribution in [1.29, 1.82) is 0 Å². The Labute approximate surface area is 208 Å². The van der Waals surface area contributed by atoms with Crippen LogP contribution < -0.4 is 0 Å². The van der Waals surface area contributed by atoms with Gasteiger partial charge in [-0.05, 0) is 119 Å². The van der Waals surface area contributed by atoms with Crippen LogP contribution in [0.3, 0.4) is 0 Å². The van der Waals surface area contributed by atoms with Crippen molar-refractivity contribution in [3.8, 4) is 0 Å². The van der Waals surface area contributed by atoms with Crippen molar-refractivity contribution < 1.29 is 4.79 Å². The Balaban J connectivity index is 1.21. The van der Waals surface area contributed by atoms with Crippen molar-refractivity contribution in [3.63, 3.8) is 0 Å². The average Bonchev–Trinajstić information content (AvgIpc) is 2.92. The van der Waals surface area contributed by atoms with Crippen LogP contribution in [0.2, 0.25) is 0 Å². The van der Waals surface area contributed by atoms with Crippen molar-refractivity contribution in [2.75, 3.05) is 20.1 Å². The van der Waals surface area contributed by atoms with Gasteiger partial charge in [0.15, 0.2) is 0 Å². The van der Waals surface area contributed by atoms with Gasteiger partial charge in [0.1, 0.15) is 0 Å². The molecule has 1 amide bonds. The second-order valence-corrected chi connectivity index (χ2v) is 13.8. The summed E-state index contributed by atoms with van der Waals surface area (Å²) < 4.78 is 0. The van der Waals surface area contributed by atoms with Gasteiger partial charge < -0.3 is 9.80 Å². The van der Waals surface area contributed by atoms with Crippen LogP contribution in [0.4, 0.5) is 0 Å². The van der Waals surface area contributed by atoms with Crippen molar-refractivity contribution in [1.82, 2.24) is 9.80 Å². The molecule has 6 rings (SSSR count). The second kappa shape index (κ2) is 9.20. The van der Waals surface area contributed by atoms with Crippen molar-refractivity contribution >= 4 is 11.6 Å². The first-order valence-corrected chi connectivity index (χ1v) is 14.9. The fraction of sp³-hybridized carbons (Fsp3) is 0.933. The first-order chi connectivity index (χ1) is 16.4. The molecule has 0 aromatic rings. The van der Waals surface area contributed by atoms with Crippen LogP contribution in [-0.4, -0.2) is 59.7 Å². The first kappa shape index (κ1) is 23.5. The summed E-state index contributed by atoms with van der Waals surface area (Å²) in [6.07, 6.45) is 14.7. The molecule has 0 aromatic heterocycles. The lowest BCUT2D eigenvalue weighted by Gasteiger charge is -2.50. The van der Waals surface area contributed by atoms with Gasteiger partial charge in [-0.1, -0.05) is 13.8 Å². The largest absolute Gasteiger partial charge is 0.340 e. The molecule has 3 aliphatic heterocycles. The molecule has 3 heterocycles. The number of rotatable bonds is 2. The van der Waals surface area contributed by atoms with Crippen LogP contribution >= 0.6 is 0 Å². The van der Waals surface area contributed by atoms with E-state index in [2.05, 4.69) is 30.7 Å². The van der Waals surface area contributed by atoms with Gasteiger partial charge in [0.25, 0.3) is 0 Å². The van der Waals surface area contributed by atoms with Gasteiger partial charge >= 0.3 is 0 Å². The maximum absolute atomic E-state index is 12.4. The Morgan fingerprint density at radius 3 is 2.56 bits per heavy atom. The zero-order valence-electron chi connectivity index (χ0n) is 22.3. The molecule has 6 aliphatic rings. The van der Waals surface area contributed by atoms with E-state index in [0.717, 1.165) is 54.0 Å². The van der Waals surface area contributed by atoms with Crippen LogP contribution in [0.1, 0.15) is 91.4 Å². The lowest BCUT2D eigenvalue weighted by molar-refractivity contribution is -0.137. The normalized spacial score (nSPS) is 48.9. The molecule has 11 atom stereocenters. The lowest BCUT2D eigenvalue weighted by atomic mass is 9.65. The van der Waals surface area contributed by atoms with E-state index >= 15 is 0 Å². The Morgan fingerprint density at radius 2 is 1.74 bits per heavy atom. The molecule has 190 valence electrons. The molecule has 4 heteroatoms. The van der Waals surface area contributed by atoms with E-state index in [0.29, 0.717) is 23.9 Å². The van der Waals surface area contributed by atoms with Gasteiger partial charge in [-0.15, -0.1) is 0 Å². The number of fused-ring (bicyclic) bond motifs is 4. The van der Waals surface area contributed by atoms with Crippen LogP contribution in [0.25, 0.3) is 0 Å². The number of carbonyl (C=O) groups is 1. The summed E-state index contributed by atoms with van der Waals surface area (Å²) in [4.78, 5) is 23.0. The smallest absolute Gasteiger partial charge is 0.219 e. The molecule has 0 aromatic carbocycles. The van der Waals surface area contributed by atoms with E-state index in [1.165, 1.54) is 77.2 Å². The summed E-state index contributed by atoms with van der Waals surface area (Å²) in [5.41, 5.74) is 1.64. The summed E-state index contributed by atoms with van der Waals surface area (Å²) >= 11 is 0. The molecule has 3 aliphatic carbocycles. The molecule has 0 N–H and O–H groups in total. The van der Waals surface area contributed by atoms with Gasteiger partial charge in [0.05, 0.1) is 6.04 Å². The number of amides is 1. The molecule has 0 radical (unpaired) electrons. The first-order valence-electron chi connectivity index (χ1n) is 14.9. The number of aliphatic imine (C=N–C) groups is 1. The minimum Gasteiger partial charge on any atom is -0.340 e. The minimum absolute atomic E-state index is 0.304. The standard InChI is InChI=1S/C30H49N3O/c1-18-11-22-16-28-25(23-15-27(22)29(12-18)32(4)17-23)8-7-24(31-28)14-21-10-19(2)13-30-26(21)6-5-9-33(30)20(3)34/h18-19,21-27,29-30H,5-17H2,1-4H3/t18-,19+,21-,22+,23-,24-,25-,26-,27-,29+,30+/m1/s1. The van der Waals surface area contributed by atoms with Gasteiger partial charge in [-0.2, -0.15) is 0 Å². The van der Waals surface area contributed by atoms with Crippen LogP contribution in [0.15, 0.2) is 4.99 Å². The van der Waals surface area contributed by atoms with E-state index < -0.39 is 0 Å². The zero-order chi connectivity index (χ0) is 23.6. The highest BCUT2D eigenvalue weighted by atomic mass is 16.2. The number of hydrogen-bond acceptors (Lipinski definition) is 3. The van der Waals surface area contributed by atoms with Gasteiger partial charge in [-0.25, -0.2) is 0 Å². The molecule has 0 unspecified atom stereocenters. The molecule has 34 heavy (non-hydrogen) atoms. The third kappa shape index (κ3) is 4.18. The Morgan fingerprint density at radius 1 is 0.941 bits per heavy atom. The number of carbonyl (C=O) groups excluding carboxylic acids is 1. The molecule has 2 saturated heterocycles. The monoisotopic (exact) mass is 467 g/mol. The molecule has 2 bridgehead atoms. The highest BCUT2D eigenvalue weighted by Gasteiger charge is 2.49. The summed E-state index contributed by atoms with van der Waals surface area (Å²) in [7, 11) is 2.42. The fourth-order valence-corrected chi connectivity index (χ4v) is 10.2. The SMILES string of the molecule is CC(=O)N1CCC[C@@H]2[C@@H](C[C@H]3CC[C@H]4C(=N3)C[C@@H]3C[C@@H](C)C[C@H]5[C@@H]3C[C@@H]4CN5C)C[C@H](C)C[C@@H]21. The second-order valence-electron chi connectivity index (χ2n) is 13.8. The van der Waals surface area contributed by atoms with Gasteiger partial charge in [-0.3, -0.25) is 9.79 Å². The molecule has 0 spiro atoms. The van der Waals surface area contributed by atoms with E-state index in [-0.39, 0.29) is 0 Å². The predicted octanol–water partition coefficient (Wildman–Crippen LogP) is 5.66. The summed E-state index contributed by atoms with van der Waals surface area (Å²) in [5, 5.41) is 0. The highest BCUT2D eigenvalue weighted by Crippen LogP contribution is 2.51. The average molecular weight is 468 g/mol. The number of piperidine rings is 2. The maximum atomic E-state index is 12.4. The maximum Gasteiger partial charge on any atom is 0.219 e. The zero-order valence-corrected chi connectivity index (χ0v) is 22.3. The van der Waals surface area contributed by atoms with Crippen molar-refractivity contribution in [3.05, 3.63) is 0 Å². The van der Waals surface area contributed by atoms with Gasteiger partial charge in [0.2, 0.25) is 5.91 Å². The summed E-state index contributed by atoms with van der Waals surface area (Å²) in [6, 6.07) is 1.87. The van der Waals surface area contributed by atoms with E-state index in [1.807, 2.05) is 0 Å². The van der Waals surface area contributed by atoms with Crippen molar-refractivity contribution in [2.24, 2.45) is 52.3 Å². The quantitative estimate of drug-likeness (QED) is 0.526. The molecular formula is C30H49N3O. The predicted molar refractivity (Wildman–Crippen MR) is 139 cm³/mol. The molecular weight excluding hydrogens is 418 g/mol. The van der Waals surface area contributed by atoms with Crippen molar-refractivity contribution in [2.45, 2.75) is 110 Å². The van der Waals surface area contributed by atoms with Crippen LogP contribution in [0.5, 0.6) is 0 Å². The minimum atomic E-state index is 0.304. The van der Waals surface area contributed by atoms with E-state index in [1.54, 1.807) is 12.6 Å². The third-order valence-corrected chi connectivity index (χ3v) is 11.5. The third-order valence-electron chi connectivity index (χ3n) is 11.5. The number of likely N-dealkylation sites (tertiary alicyclic amines) is 2. The van der Waals surface area contributed by atoms with E-state index in [9.17, 15) is 4.79 Å². The molecule has 3 saturated carbocycles.